The number of para-hydroxylation sites is 1. The Bertz CT molecular complexity index is 551. The number of carbonyl (C=O) groups excluding carboxylic acids is 1. The monoisotopic (exact) mass is 266 g/mol. The zero-order chi connectivity index (χ0) is 13.0. The van der Waals surface area contributed by atoms with E-state index < -0.39 is 0 Å². The molecule has 0 aliphatic carbocycles. The Kier molecular flexibility index (Phi) is 4.23. The van der Waals surface area contributed by atoms with Gasteiger partial charge in [-0.3, -0.25) is 4.79 Å². The lowest BCUT2D eigenvalue weighted by Gasteiger charge is -2.03. The molecule has 1 aromatic carbocycles. The first-order valence-electron chi connectivity index (χ1n) is 5.79. The van der Waals surface area contributed by atoms with E-state index in [0.29, 0.717) is 24.7 Å². The fraction of sp³-hybridized carbons (Fsp3) is 0.308. The van der Waals surface area contributed by atoms with Gasteiger partial charge in [0.1, 0.15) is 5.58 Å². The van der Waals surface area contributed by atoms with Crippen LogP contribution in [-0.2, 0) is 11.3 Å². The molecule has 0 aliphatic rings. The summed E-state index contributed by atoms with van der Waals surface area (Å²) in [5.74, 6) is 0.0191. The molecule has 18 heavy (non-hydrogen) atoms. The second-order valence-corrected chi connectivity index (χ2v) is 4.29. The lowest BCUT2D eigenvalue weighted by atomic mass is 10.2. The summed E-state index contributed by atoms with van der Waals surface area (Å²) in [7, 11) is 1.63. The van der Waals surface area contributed by atoms with Crippen LogP contribution < -0.4 is 10.6 Å². The number of hydrogen-bond donors (Lipinski definition) is 2. The summed E-state index contributed by atoms with van der Waals surface area (Å²) >= 11 is 6.05. The van der Waals surface area contributed by atoms with E-state index >= 15 is 0 Å². The number of halogens is 1. The molecule has 0 saturated heterocycles. The zero-order valence-electron chi connectivity index (χ0n) is 10.1. The average molecular weight is 267 g/mol. The Balaban J connectivity index is 1.99. The fourth-order valence-corrected chi connectivity index (χ4v) is 2.03. The maximum Gasteiger partial charge on any atom is 0.221 e. The first kappa shape index (κ1) is 12.9. The van der Waals surface area contributed by atoms with Gasteiger partial charge in [-0.05, 0) is 17.7 Å². The largest absolute Gasteiger partial charge is 0.444 e. The third-order valence-corrected chi connectivity index (χ3v) is 3.06. The number of furan rings is 1. The highest BCUT2D eigenvalue weighted by atomic mass is 35.5. The second-order valence-electron chi connectivity index (χ2n) is 3.95. The van der Waals surface area contributed by atoms with Crippen molar-refractivity contribution in [2.45, 2.75) is 13.0 Å². The molecular formula is C13H15ClN2O2. The number of amides is 1. The smallest absolute Gasteiger partial charge is 0.221 e. The Morgan fingerprint density at radius 2 is 2.17 bits per heavy atom. The summed E-state index contributed by atoms with van der Waals surface area (Å²) in [5, 5.41) is 7.17. The lowest BCUT2D eigenvalue weighted by Crippen LogP contribution is -2.24. The molecule has 1 heterocycles. The van der Waals surface area contributed by atoms with Crippen molar-refractivity contribution in [3.8, 4) is 0 Å². The van der Waals surface area contributed by atoms with E-state index in [0.717, 1.165) is 16.5 Å². The SMILES string of the molecule is CNC(=O)CCNCc1c(Cl)oc2ccccc12. The van der Waals surface area contributed by atoms with Gasteiger partial charge in [-0.1, -0.05) is 18.2 Å². The minimum atomic E-state index is 0.0191. The van der Waals surface area contributed by atoms with Crippen LogP contribution in [0.15, 0.2) is 28.7 Å². The minimum Gasteiger partial charge on any atom is -0.444 e. The number of carbonyl (C=O) groups is 1. The molecule has 2 rings (SSSR count). The summed E-state index contributed by atoms with van der Waals surface area (Å²) in [5.41, 5.74) is 1.72. The summed E-state index contributed by atoms with van der Waals surface area (Å²) < 4.78 is 5.44. The molecule has 96 valence electrons. The summed E-state index contributed by atoms with van der Waals surface area (Å²) in [6.07, 6.45) is 0.448. The number of nitrogens with one attached hydrogen (secondary N) is 2. The maximum atomic E-state index is 11.1. The van der Waals surface area contributed by atoms with Crippen molar-refractivity contribution >= 4 is 28.5 Å². The molecule has 0 spiro atoms. The molecule has 2 N–H and O–H groups in total. The third kappa shape index (κ3) is 2.83. The molecule has 0 fully saturated rings. The summed E-state index contributed by atoms with van der Waals surface area (Å²) in [4.78, 5) is 11.1. The zero-order valence-corrected chi connectivity index (χ0v) is 10.9. The van der Waals surface area contributed by atoms with Crippen LogP contribution in [0, 0.1) is 0 Å². The first-order chi connectivity index (χ1) is 8.72. The Hall–Kier alpha value is -1.52. The molecule has 0 atom stereocenters. The molecule has 4 nitrogen and oxygen atoms in total. The van der Waals surface area contributed by atoms with Crippen molar-refractivity contribution in [2.24, 2.45) is 0 Å². The van der Waals surface area contributed by atoms with Crippen LogP contribution in [0.2, 0.25) is 5.22 Å². The van der Waals surface area contributed by atoms with Gasteiger partial charge in [-0.25, -0.2) is 0 Å². The fourth-order valence-electron chi connectivity index (χ4n) is 1.77. The van der Waals surface area contributed by atoms with Crippen LogP contribution in [0.5, 0.6) is 0 Å². The minimum absolute atomic E-state index is 0.0191. The van der Waals surface area contributed by atoms with Crippen molar-refractivity contribution in [3.63, 3.8) is 0 Å². The van der Waals surface area contributed by atoms with E-state index in [1.54, 1.807) is 7.05 Å². The average Bonchev–Trinajstić information content (AvgIpc) is 2.70. The number of rotatable bonds is 5. The molecular weight excluding hydrogens is 252 g/mol. The predicted octanol–water partition coefficient (Wildman–Crippen LogP) is 2.31. The van der Waals surface area contributed by atoms with Gasteiger partial charge in [0, 0.05) is 37.5 Å². The van der Waals surface area contributed by atoms with Gasteiger partial charge in [0.05, 0.1) is 0 Å². The van der Waals surface area contributed by atoms with Gasteiger partial charge >= 0.3 is 0 Å². The van der Waals surface area contributed by atoms with Gasteiger partial charge < -0.3 is 15.1 Å². The van der Waals surface area contributed by atoms with Crippen LogP contribution in [0.25, 0.3) is 11.0 Å². The van der Waals surface area contributed by atoms with Gasteiger partial charge in [-0.15, -0.1) is 0 Å². The first-order valence-corrected chi connectivity index (χ1v) is 6.17. The highest BCUT2D eigenvalue weighted by Gasteiger charge is 2.11. The maximum absolute atomic E-state index is 11.1. The molecule has 5 heteroatoms. The van der Waals surface area contributed by atoms with Crippen LogP contribution in [0.3, 0.4) is 0 Å². The van der Waals surface area contributed by atoms with Crippen molar-refractivity contribution in [2.75, 3.05) is 13.6 Å². The Morgan fingerprint density at radius 3 is 2.94 bits per heavy atom. The number of hydrogen-bond acceptors (Lipinski definition) is 3. The normalized spacial score (nSPS) is 10.8. The van der Waals surface area contributed by atoms with Crippen LogP contribution in [0.4, 0.5) is 0 Å². The van der Waals surface area contributed by atoms with Crippen LogP contribution >= 0.6 is 11.6 Å². The molecule has 0 aliphatic heterocycles. The van der Waals surface area contributed by atoms with E-state index in [4.69, 9.17) is 16.0 Å². The lowest BCUT2D eigenvalue weighted by molar-refractivity contribution is -0.120. The predicted molar refractivity (Wildman–Crippen MR) is 71.6 cm³/mol. The van der Waals surface area contributed by atoms with E-state index in [-0.39, 0.29) is 5.91 Å². The topological polar surface area (TPSA) is 54.3 Å². The number of fused-ring (bicyclic) bond motifs is 1. The van der Waals surface area contributed by atoms with Crippen molar-refractivity contribution < 1.29 is 9.21 Å². The Morgan fingerprint density at radius 1 is 1.39 bits per heavy atom. The quantitative estimate of drug-likeness (QED) is 0.817. The molecule has 1 aromatic heterocycles. The molecule has 0 unspecified atom stereocenters. The highest BCUT2D eigenvalue weighted by Crippen LogP contribution is 2.29. The van der Waals surface area contributed by atoms with Crippen LogP contribution in [0.1, 0.15) is 12.0 Å². The van der Waals surface area contributed by atoms with Crippen molar-refractivity contribution in [1.29, 1.82) is 0 Å². The van der Waals surface area contributed by atoms with Gasteiger partial charge in [0.15, 0.2) is 5.22 Å². The highest BCUT2D eigenvalue weighted by molar-refractivity contribution is 6.30. The standard InChI is InChI=1S/C13H15ClN2O2/c1-15-12(17)6-7-16-8-10-9-4-2-3-5-11(9)18-13(10)14/h2-5,16H,6-8H2,1H3,(H,15,17). The van der Waals surface area contributed by atoms with Gasteiger partial charge in [-0.2, -0.15) is 0 Å². The van der Waals surface area contributed by atoms with Gasteiger partial charge in [0.25, 0.3) is 0 Å². The molecule has 2 aromatic rings. The van der Waals surface area contributed by atoms with E-state index in [1.165, 1.54) is 0 Å². The van der Waals surface area contributed by atoms with Crippen molar-refractivity contribution in [3.05, 3.63) is 35.0 Å². The molecule has 0 bridgehead atoms. The molecule has 0 saturated carbocycles. The molecule has 1 amide bonds. The van der Waals surface area contributed by atoms with E-state index in [1.807, 2.05) is 24.3 Å². The summed E-state index contributed by atoms with van der Waals surface area (Å²) in [6.45, 7) is 1.20. The third-order valence-electron chi connectivity index (χ3n) is 2.76. The second kappa shape index (κ2) is 5.89. The number of benzene rings is 1. The summed E-state index contributed by atoms with van der Waals surface area (Å²) in [6, 6.07) is 7.71. The van der Waals surface area contributed by atoms with E-state index in [9.17, 15) is 4.79 Å². The van der Waals surface area contributed by atoms with Crippen molar-refractivity contribution in [1.82, 2.24) is 10.6 Å². The van der Waals surface area contributed by atoms with Gasteiger partial charge in [0.2, 0.25) is 5.91 Å². The molecule has 0 radical (unpaired) electrons. The van der Waals surface area contributed by atoms with E-state index in [2.05, 4.69) is 10.6 Å². The van der Waals surface area contributed by atoms with Crippen LogP contribution in [-0.4, -0.2) is 19.5 Å². The Labute approximate surface area is 110 Å².